The zero-order valence-electron chi connectivity index (χ0n) is 25.6. The molecule has 3 aliphatic rings. The van der Waals surface area contributed by atoms with Crippen molar-refractivity contribution in [2.45, 2.75) is 95.7 Å². The minimum absolute atomic E-state index is 0.108. The molecule has 2 aliphatic heterocycles. The van der Waals surface area contributed by atoms with Crippen molar-refractivity contribution in [3.05, 3.63) is 35.1 Å². The first-order valence-electron chi connectivity index (χ1n) is 14.5. The monoisotopic (exact) mass is 617 g/mol. The van der Waals surface area contributed by atoms with E-state index in [-0.39, 0.29) is 36.1 Å². The Hall–Kier alpha value is -3.97. The summed E-state index contributed by atoms with van der Waals surface area (Å²) in [4.78, 5) is 63.4. The average Bonchev–Trinajstić information content (AvgIpc) is 3.31. The number of benzene rings is 1. The molecule has 1 spiro atoms. The molecule has 13 nitrogen and oxygen atoms in total. The minimum atomic E-state index is -1.50. The Morgan fingerprint density at radius 3 is 2.39 bits per heavy atom. The molecule has 1 aromatic carbocycles. The fourth-order valence-electron chi connectivity index (χ4n) is 6.60. The van der Waals surface area contributed by atoms with Gasteiger partial charge in [0.2, 0.25) is 0 Å². The number of hydrogen-bond donors (Lipinski definition) is 3. The van der Waals surface area contributed by atoms with Gasteiger partial charge in [-0.05, 0) is 72.3 Å². The molecule has 240 valence electrons. The molecule has 2 heterocycles. The standard InChI is InChI=1S/C31H39NO12/c1-15-7-8-21(34)25-24(15)30-11-12-32(6)19(5)31(30,40)10-9-22(26(30)44-25)43-23(35)14-20(13-16(2)33)29(39)42-18(4)28(38)41-17(3)27(36)37/h7-9,17-20,26,34,40H,10-14H2,1-6H3,(H,36,37)/t17-,18-,19+,20-,26-,30-,31+/m0/s1. The zero-order chi connectivity index (χ0) is 32.7. The van der Waals surface area contributed by atoms with Crippen LogP contribution in [0.3, 0.4) is 0 Å². The molecule has 7 atom stereocenters. The number of aromatic hydroxyl groups is 1. The van der Waals surface area contributed by atoms with E-state index in [1.165, 1.54) is 19.9 Å². The Labute approximate surface area is 254 Å². The molecular weight excluding hydrogens is 578 g/mol. The Balaban J connectivity index is 1.57. The van der Waals surface area contributed by atoms with E-state index in [0.29, 0.717) is 18.5 Å². The summed E-state index contributed by atoms with van der Waals surface area (Å²) < 4.78 is 21.9. The van der Waals surface area contributed by atoms with Gasteiger partial charge in [0.15, 0.2) is 29.8 Å². The Morgan fingerprint density at radius 1 is 1.09 bits per heavy atom. The highest BCUT2D eigenvalue weighted by Crippen LogP contribution is 2.62. The Bertz CT molecular complexity index is 1400. The van der Waals surface area contributed by atoms with Gasteiger partial charge in [-0.2, -0.15) is 0 Å². The number of aliphatic carboxylic acids is 1. The Morgan fingerprint density at radius 2 is 1.75 bits per heavy atom. The SMILES string of the molecule is CC(=O)C[C@@H](CC(=O)OC1=CC[C@@]2(O)[C@@H](C)N(C)CC[C@@]23c2c(C)ccc(O)c2O[C@@H]13)C(=O)O[C@@H](C)C(=O)O[C@@H](C)C(=O)O. The average molecular weight is 618 g/mol. The number of likely N-dealkylation sites (tertiary alicyclic amines) is 1. The van der Waals surface area contributed by atoms with E-state index in [2.05, 4.69) is 0 Å². The van der Waals surface area contributed by atoms with Gasteiger partial charge in [0, 0.05) is 24.4 Å². The second-order valence-corrected chi connectivity index (χ2v) is 12.0. The first-order valence-corrected chi connectivity index (χ1v) is 14.5. The number of likely N-dealkylation sites (N-methyl/N-ethyl adjacent to an activating group) is 1. The number of rotatable bonds is 10. The van der Waals surface area contributed by atoms with Gasteiger partial charge < -0.3 is 44.0 Å². The molecule has 0 saturated carbocycles. The number of carboxylic acids is 1. The van der Waals surface area contributed by atoms with Crippen LogP contribution >= 0.6 is 0 Å². The number of carbonyl (C=O) groups excluding carboxylic acids is 4. The summed E-state index contributed by atoms with van der Waals surface area (Å²) in [6, 6.07) is 2.94. The van der Waals surface area contributed by atoms with E-state index in [9.17, 15) is 34.2 Å². The van der Waals surface area contributed by atoms with E-state index in [1.807, 2.05) is 25.8 Å². The number of fused-ring (bicyclic) bond motifs is 1. The number of aliphatic hydroxyl groups is 1. The third-order valence-corrected chi connectivity index (χ3v) is 9.11. The number of nitrogens with zero attached hydrogens (tertiary/aromatic N) is 1. The molecule has 1 saturated heterocycles. The van der Waals surface area contributed by atoms with Crippen molar-refractivity contribution in [3.63, 3.8) is 0 Å². The minimum Gasteiger partial charge on any atom is -0.504 e. The van der Waals surface area contributed by atoms with Gasteiger partial charge in [0.1, 0.15) is 11.5 Å². The van der Waals surface area contributed by atoms with Crippen LogP contribution < -0.4 is 4.74 Å². The van der Waals surface area contributed by atoms with Crippen LogP contribution in [0.25, 0.3) is 0 Å². The van der Waals surface area contributed by atoms with Crippen LogP contribution in [-0.4, -0.2) is 93.4 Å². The highest BCUT2D eigenvalue weighted by Gasteiger charge is 2.69. The van der Waals surface area contributed by atoms with Crippen molar-refractivity contribution < 1.29 is 58.2 Å². The molecule has 0 unspecified atom stereocenters. The number of carboxylic acid groups (broad SMARTS) is 1. The molecular formula is C31H39NO12. The van der Waals surface area contributed by atoms with Crippen molar-refractivity contribution in [1.29, 1.82) is 0 Å². The topological polar surface area (TPSA) is 186 Å². The predicted octanol–water partition coefficient (Wildman–Crippen LogP) is 1.92. The summed E-state index contributed by atoms with van der Waals surface area (Å²) in [7, 11) is 1.91. The van der Waals surface area contributed by atoms with Gasteiger partial charge in [-0.25, -0.2) is 9.59 Å². The number of carbonyl (C=O) groups is 5. The zero-order valence-corrected chi connectivity index (χ0v) is 25.6. The summed E-state index contributed by atoms with van der Waals surface area (Å²) in [5.74, 6) is -5.92. The van der Waals surface area contributed by atoms with Gasteiger partial charge in [-0.1, -0.05) is 6.07 Å². The summed E-state index contributed by atoms with van der Waals surface area (Å²) >= 11 is 0. The number of aryl methyl sites for hydroxylation is 1. The van der Waals surface area contributed by atoms with Gasteiger partial charge in [-0.15, -0.1) is 0 Å². The number of hydrogen-bond acceptors (Lipinski definition) is 12. The summed E-state index contributed by atoms with van der Waals surface area (Å²) in [5, 5.41) is 31.9. The maximum atomic E-state index is 13.3. The molecule has 0 aromatic heterocycles. The van der Waals surface area contributed by atoms with Crippen molar-refractivity contribution in [1.82, 2.24) is 4.90 Å². The van der Waals surface area contributed by atoms with Gasteiger partial charge in [0.25, 0.3) is 0 Å². The molecule has 13 heteroatoms. The lowest BCUT2D eigenvalue weighted by Gasteiger charge is -2.58. The highest BCUT2D eigenvalue weighted by molar-refractivity contribution is 5.88. The summed E-state index contributed by atoms with van der Waals surface area (Å²) in [6.07, 6.45) is -2.77. The highest BCUT2D eigenvalue weighted by atomic mass is 16.6. The fourth-order valence-corrected chi connectivity index (χ4v) is 6.60. The number of ether oxygens (including phenoxy) is 4. The largest absolute Gasteiger partial charge is 0.504 e. The van der Waals surface area contributed by atoms with Crippen LogP contribution in [0.15, 0.2) is 24.0 Å². The van der Waals surface area contributed by atoms with Crippen molar-refractivity contribution in [2.75, 3.05) is 13.6 Å². The van der Waals surface area contributed by atoms with Gasteiger partial charge >= 0.3 is 23.9 Å². The van der Waals surface area contributed by atoms with Crippen molar-refractivity contribution >= 4 is 29.7 Å². The molecule has 1 aliphatic carbocycles. The van der Waals surface area contributed by atoms with Crippen molar-refractivity contribution in [2.24, 2.45) is 5.92 Å². The van der Waals surface area contributed by atoms with Crippen LogP contribution in [0.2, 0.25) is 0 Å². The fraction of sp³-hybridized carbons (Fsp3) is 0.581. The third kappa shape index (κ3) is 5.65. The third-order valence-electron chi connectivity index (χ3n) is 9.11. The number of Topliss-reactive ketones (excluding diaryl/α,β-unsaturated/α-hetero) is 1. The summed E-state index contributed by atoms with van der Waals surface area (Å²) in [6.45, 7) is 7.92. The second-order valence-electron chi connectivity index (χ2n) is 12.0. The second kappa shape index (κ2) is 12.2. The molecule has 0 bridgehead atoms. The maximum Gasteiger partial charge on any atom is 0.347 e. The van der Waals surface area contributed by atoms with Gasteiger partial charge in [-0.3, -0.25) is 9.59 Å². The first kappa shape index (κ1) is 32.9. The van der Waals surface area contributed by atoms with Crippen LogP contribution in [0, 0.1) is 12.8 Å². The molecule has 1 aromatic rings. The lowest BCUT2D eigenvalue weighted by Crippen LogP contribution is -2.71. The predicted molar refractivity (Wildman–Crippen MR) is 152 cm³/mol. The smallest absolute Gasteiger partial charge is 0.347 e. The molecule has 0 amide bonds. The maximum absolute atomic E-state index is 13.3. The quantitative estimate of drug-likeness (QED) is 0.256. The number of piperidine rings is 1. The van der Waals surface area contributed by atoms with Crippen LogP contribution in [0.5, 0.6) is 11.5 Å². The van der Waals surface area contributed by atoms with Crippen molar-refractivity contribution in [3.8, 4) is 11.5 Å². The van der Waals surface area contributed by atoms with E-state index in [0.717, 1.165) is 12.5 Å². The number of phenols is 1. The first-order chi connectivity index (χ1) is 20.5. The van der Waals surface area contributed by atoms with E-state index in [1.54, 1.807) is 12.1 Å². The van der Waals surface area contributed by atoms with Crippen LogP contribution in [-0.2, 0) is 43.6 Å². The molecule has 1 fully saturated rings. The van der Waals surface area contributed by atoms with Crippen LogP contribution in [0.1, 0.15) is 64.5 Å². The van der Waals surface area contributed by atoms with E-state index >= 15 is 0 Å². The molecule has 4 rings (SSSR count). The van der Waals surface area contributed by atoms with Gasteiger partial charge in [0.05, 0.1) is 23.4 Å². The molecule has 0 radical (unpaired) electrons. The van der Waals surface area contributed by atoms with E-state index in [4.69, 9.17) is 24.1 Å². The summed E-state index contributed by atoms with van der Waals surface area (Å²) in [5.41, 5.74) is -0.934. The van der Waals surface area contributed by atoms with Crippen LogP contribution in [0.4, 0.5) is 0 Å². The normalized spacial score (nSPS) is 27.7. The lowest BCUT2D eigenvalue weighted by atomic mass is 9.54. The molecule has 44 heavy (non-hydrogen) atoms. The number of ketones is 1. The molecule has 3 N–H and O–H groups in total. The number of phenolic OH excluding ortho intramolecular Hbond substituents is 1. The Kier molecular flexibility index (Phi) is 9.13. The number of esters is 3. The lowest BCUT2D eigenvalue weighted by molar-refractivity contribution is -0.177. The van der Waals surface area contributed by atoms with E-state index < -0.39 is 71.3 Å².